The van der Waals surface area contributed by atoms with Crippen LogP contribution in [0, 0.1) is 17.1 Å². The molecule has 0 saturated carbocycles. The highest BCUT2D eigenvalue weighted by molar-refractivity contribution is 5.66. The molecule has 0 radical (unpaired) electrons. The van der Waals surface area contributed by atoms with Crippen LogP contribution >= 0.6 is 0 Å². The summed E-state index contributed by atoms with van der Waals surface area (Å²) in [4.78, 5) is 1.81. The molecule has 2 rings (SSSR count). The third kappa shape index (κ3) is 2.41. The third-order valence-corrected chi connectivity index (χ3v) is 2.68. The number of nitrogens with zero attached hydrogens (tertiary/aromatic N) is 2. The van der Waals surface area contributed by atoms with Gasteiger partial charge in [-0.05, 0) is 42.5 Å². The fourth-order valence-electron chi connectivity index (χ4n) is 1.70. The number of hydrogen-bond donors (Lipinski definition) is 1. The van der Waals surface area contributed by atoms with E-state index in [2.05, 4.69) is 6.07 Å². The summed E-state index contributed by atoms with van der Waals surface area (Å²) in [5.41, 5.74) is 8.10. The summed E-state index contributed by atoms with van der Waals surface area (Å²) in [6.07, 6.45) is 0. The van der Waals surface area contributed by atoms with E-state index in [1.807, 2.05) is 7.05 Å². The minimum Gasteiger partial charge on any atom is -0.399 e. The summed E-state index contributed by atoms with van der Waals surface area (Å²) in [6.45, 7) is 0. The van der Waals surface area contributed by atoms with Crippen LogP contribution in [0.1, 0.15) is 5.56 Å². The topological polar surface area (TPSA) is 53.0 Å². The Morgan fingerprint density at radius 3 is 2.33 bits per heavy atom. The number of benzene rings is 2. The standard InChI is InChI=1S/C14H12FN3/c1-18(13-4-2-10(9-16)3-5-13)14-7-11(15)6-12(17)8-14/h2-8H,17H2,1H3. The molecule has 0 bridgehead atoms. The predicted octanol–water partition coefficient (Wildman–Crippen LogP) is 3.05. The van der Waals surface area contributed by atoms with E-state index in [4.69, 9.17) is 11.0 Å². The van der Waals surface area contributed by atoms with Crippen molar-refractivity contribution in [2.45, 2.75) is 0 Å². The summed E-state index contributed by atoms with van der Waals surface area (Å²) in [5.74, 6) is -0.370. The van der Waals surface area contributed by atoms with Gasteiger partial charge in [0.25, 0.3) is 0 Å². The molecular weight excluding hydrogens is 229 g/mol. The van der Waals surface area contributed by atoms with Gasteiger partial charge < -0.3 is 10.6 Å². The van der Waals surface area contributed by atoms with Gasteiger partial charge in [-0.2, -0.15) is 5.26 Å². The average Bonchev–Trinajstić information content (AvgIpc) is 2.37. The maximum atomic E-state index is 13.3. The van der Waals surface area contributed by atoms with Gasteiger partial charge >= 0.3 is 0 Å². The molecule has 0 fully saturated rings. The Morgan fingerprint density at radius 1 is 1.11 bits per heavy atom. The Morgan fingerprint density at radius 2 is 1.78 bits per heavy atom. The second-order valence-corrected chi connectivity index (χ2v) is 3.96. The van der Waals surface area contributed by atoms with Crippen molar-refractivity contribution in [1.29, 1.82) is 5.26 Å². The number of nitrogen functional groups attached to an aromatic ring is 1. The first-order chi connectivity index (χ1) is 8.60. The van der Waals surface area contributed by atoms with Gasteiger partial charge in [0, 0.05) is 24.1 Å². The lowest BCUT2D eigenvalue weighted by Crippen LogP contribution is -2.10. The van der Waals surface area contributed by atoms with Crippen LogP contribution in [0.2, 0.25) is 0 Å². The van der Waals surface area contributed by atoms with Crippen molar-refractivity contribution in [2.24, 2.45) is 0 Å². The van der Waals surface area contributed by atoms with Crippen molar-refractivity contribution in [2.75, 3.05) is 17.7 Å². The summed E-state index contributed by atoms with van der Waals surface area (Å²) in [7, 11) is 1.82. The number of nitriles is 1. The molecule has 0 aromatic heterocycles. The lowest BCUT2D eigenvalue weighted by Gasteiger charge is -2.20. The molecule has 0 unspecified atom stereocenters. The molecule has 4 heteroatoms. The lowest BCUT2D eigenvalue weighted by atomic mass is 10.2. The van der Waals surface area contributed by atoms with E-state index >= 15 is 0 Å². The largest absolute Gasteiger partial charge is 0.399 e. The Bertz CT molecular complexity index is 579. The van der Waals surface area contributed by atoms with Crippen LogP contribution in [0.4, 0.5) is 21.5 Å². The Labute approximate surface area is 105 Å². The average molecular weight is 241 g/mol. The normalized spacial score (nSPS) is 9.83. The molecule has 0 saturated heterocycles. The second kappa shape index (κ2) is 4.76. The molecule has 0 heterocycles. The first-order valence-corrected chi connectivity index (χ1v) is 5.40. The molecule has 90 valence electrons. The maximum Gasteiger partial charge on any atom is 0.127 e. The number of hydrogen-bond acceptors (Lipinski definition) is 3. The van der Waals surface area contributed by atoms with Crippen LogP contribution < -0.4 is 10.6 Å². The van der Waals surface area contributed by atoms with Gasteiger partial charge in [-0.15, -0.1) is 0 Å². The molecule has 0 aliphatic carbocycles. The van der Waals surface area contributed by atoms with E-state index in [-0.39, 0.29) is 5.82 Å². The SMILES string of the molecule is CN(c1ccc(C#N)cc1)c1cc(N)cc(F)c1. The third-order valence-electron chi connectivity index (χ3n) is 2.68. The maximum absolute atomic E-state index is 13.3. The van der Waals surface area contributed by atoms with Crippen molar-refractivity contribution in [3.63, 3.8) is 0 Å². The molecule has 0 aliphatic rings. The summed E-state index contributed by atoms with van der Waals surface area (Å²) in [5, 5.41) is 8.73. The Balaban J connectivity index is 2.35. The van der Waals surface area contributed by atoms with Crippen molar-refractivity contribution < 1.29 is 4.39 Å². The molecule has 0 spiro atoms. The first-order valence-electron chi connectivity index (χ1n) is 5.40. The summed E-state index contributed by atoms with van der Waals surface area (Å²) < 4.78 is 13.3. The van der Waals surface area contributed by atoms with Gasteiger partial charge in [0.1, 0.15) is 5.82 Å². The zero-order chi connectivity index (χ0) is 13.1. The van der Waals surface area contributed by atoms with Crippen molar-refractivity contribution in [3.8, 4) is 6.07 Å². The molecule has 0 amide bonds. The molecule has 3 nitrogen and oxygen atoms in total. The molecule has 2 aromatic rings. The molecule has 2 N–H and O–H groups in total. The molecule has 0 atom stereocenters. The van der Waals surface area contributed by atoms with Gasteiger partial charge in [0.2, 0.25) is 0 Å². The quantitative estimate of drug-likeness (QED) is 0.822. The number of nitrogens with two attached hydrogens (primary N) is 1. The minimum atomic E-state index is -0.370. The molecule has 0 aliphatic heterocycles. The van der Waals surface area contributed by atoms with Crippen LogP contribution in [0.3, 0.4) is 0 Å². The smallest absolute Gasteiger partial charge is 0.127 e. The highest BCUT2D eigenvalue weighted by Gasteiger charge is 2.06. The van der Waals surface area contributed by atoms with Gasteiger partial charge in [-0.3, -0.25) is 0 Å². The Kier molecular flexibility index (Phi) is 3.16. The Hall–Kier alpha value is -2.54. The number of rotatable bonds is 2. The second-order valence-electron chi connectivity index (χ2n) is 3.96. The van der Waals surface area contributed by atoms with Crippen LogP contribution in [-0.4, -0.2) is 7.05 Å². The van der Waals surface area contributed by atoms with Gasteiger partial charge in [-0.1, -0.05) is 0 Å². The zero-order valence-corrected chi connectivity index (χ0v) is 9.89. The van der Waals surface area contributed by atoms with Crippen molar-refractivity contribution in [1.82, 2.24) is 0 Å². The molecule has 18 heavy (non-hydrogen) atoms. The van der Waals surface area contributed by atoms with Crippen LogP contribution in [0.5, 0.6) is 0 Å². The van der Waals surface area contributed by atoms with E-state index in [1.165, 1.54) is 12.1 Å². The molecular formula is C14H12FN3. The monoisotopic (exact) mass is 241 g/mol. The van der Waals surface area contributed by atoms with E-state index < -0.39 is 0 Å². The first kappa shape index (κ1) is 11.9. The highest BCUT2D eigenvalue weighted by Crippen LogP contribution is 2.26. The van der Waals surface area contributed by atoms with Gasteiger partial charge in [-0.25, -0.2) is 4.39 Å². The fraction of sp³-hybridized carbons (Fsp3) is 0.0714. The van der Waals surface area contributed by atoms with Crippen molar-refractivity contribution in [3.05, 3.63) is 53.8 Å². The number of halogens is 1. The van der Waals surface area contributed by atoms with Crippen LogP contribution in [0.15, 0.2) is 42.5 Å². The lowest BCUT2D eigenvalue weighted by molar-refractivity contribution is 0.628. The van der Waals surface area contributed by atoms with Crippen molar-refractivity contribution >= 4 is 17.1 Å². The van der Waals surface area contributed by atoms with Crippen LogP contribution in [-0.2, 0) is 0 Å². The van der Waals surface area contributed by atoms with E-state index in [0.717, 1.165) is 5.69 Å². The highest BCUT2D eigenvalue weighted by atomic mass is 19.1. The minimum absolute atomic E-state index is 0.370. The fourth-order valence-corrected chi connectivity index (χ4v) is 1.70. The summed E-state index contributed by atoms with van der Waals surface area (Å²) in [6, 6.07) is 13.5. The van der Waals surface area contributed by atoms with Gasteiger partial charge in [0.15, 0.2) is 0 Å². The van der Waals surface area contributed by atoms with E-state index in [9.17, 15) is 4.39 Å². The predicted molar refractivity (Wildman–Crippen MR) is 70.0 cm³/mol. The molecule has 2 aromatic carbocycles. The van der Waals surface area contributed by atoms with Crippen LogP contribution in [0.25, 0.3) is 0 Å². The number of anilines is 3. The zero-order valence-electron chi connectivity index (χ0n) is 9.89. The van der Waals surface area contributed by atoms with E-state index in [1.54, 1.807) is 35.2 Å². The van der Waals surface area contributed by atoms with Gasteiger partial charge in [0.05, 0.1) is 11.6 Å². The summed E-state index contributed by atoms with van der Waals surface area (Å²) >= 11 is 0. The van der Waals surface area contributed by atoms with E-state index in [0.29, 0.717) is 16.9 Å².